The second-order valence-corrected chi connectivity index (χ2v) is 4.24. The average molecular weight is 202 g/mol. The van der Waals surface area contributed by atoms with Gasteiger partial charge in [-0.25, -0.2) is 0 Å². The quantitative estimate of drug-likeness (QED) is 0.698. The third-order valence-electron chi connectivity index (χ3n) is 2.56. The van der Waals surface area contributed by atoms with Crippen molar-refractivity contribution in [2.45, 2.75) is 31.7 Å². The fraction of sp³-hybridized carbons (Fsp3) is 0.700. The molecule has 0 aliphatic heterocycles. The average Bonchev–Trinajstić information content (AvgIpc) is 2.04. The van der Waals surface area contributed by atoms with Crippen molar-refractivity contribution in [3.8, 4) is 0 Å². The number of rotatable bonds is 3. The zero-order valence-electron chi connectivity index (χ0n) is 8.05. The van der Waals surface area contributed by atoms with E-state index in [1.807, 2.05) is 7.05 Å². The van der Waals surface area contributed by atoms with Crippen LogP contribution in [0.5, 0.6) is 0 Å². The number of ketones is 1. The molecule has 13 heavy (non-hydrogen) atoms. The highest BCUT2D eigenvalue weighted by Gasteiger charge is 2.21. The standard InChI is InChI=1S/C10H16ClNO/c1-8(11)7-12(2)9-3-5-10(13)6-4-9/h9H,1,3-7H2,2H3. The number of carbonyl (C=O) groups is 1. The Morgan fingerprint density at radius 1 is 1.62 bits per heavy atom. The van der Waals surface area contributed by atoms with Gasteiger partial charge in [-0.3, -0.25) is 9.69 Å². The molecule has 0 heterocycles. The van der Waals surface area contributed by atoms with Crippen LogP contribution in [0.3, 0.4) is 0 Å². The number of nitrogens with zero attached hydrogens (tertiary/aromatic N) is 1. The summed E-state index contributed by atoms with van der Waals surface area (Å²) in [6, 6.07) is 0.508. The van der Waals surface area contributed by atoms with Crippen molar-refractivity contribution >= 4 is 17.4 Å². The van der Waals surface area contributed by atoms with Crippen molar-refractivity contribution in [1.82, 2.24) is 4.90 Å². The fourth-order valence-corrected chi connectivity index (χ4v) is 1.95. The van der Waals surface area contributed by atoms with Crippen LogP contribution in [0.25, 0.3) is 0 Å². The predicted molar refractivity (Wildman–Crippen MR) is 54.9 cm³/mol. The van der Waals surface area contributed by atoms with Crippen LogP contribution in [-0.4, -0.2) is 30.3 Å². The van der Waals surface area contributed by atoms with Gasteiger partial charge in [0.05, 0.1) is 0 Å². The first-order valence-electron chi connectivity index (χ1n) is 4.65. The number of carbonyl (C=O) groups excluding carboxylic acids is 1. The van der Waals surface area contributed by atoms with Gasteiger partial charge in [-0.1, -0.05) is 18.2 Å². The lowest BCUT2D eigenvalue weighted by molar-refractivity contribution is -0.121. The van der Waals surface area contributed by atoms with E-state index < -0.39 is 0 Å². The van der Waals surface area contributed by atoms with Gasteiger partial charge in [0.2, 0.25) is 0 Å². The highest BCUT2D eigenvalue weighted by Crippen LogP contribution is 2.20. The minimum absolute atomic E-state index is 0.398. The summed E-state index contributed by atoms with van der Waals surface area (Å²) < 4.78 is 0. The van der Waals surface area contributed by atoms with Crippen LogP contribution in [0.15, 0.2) is 11.6 Å². The number of hydrogen-bond acceptors (Lipinski definition) is 2. The normalized spacial score (nSPS) is 19.5. The highest BCUT2D eigenvalue weighted by molar-refractivity contribution is 6.29. The van der Waals surface area contributed by atoms with Crippen LogP contribution in [0.2, 0.25) is 0 Å². The molecule has 0 aromatic heterocycles. The smallest absolute Gasteiger partial charge is 0.133 e. The summed E-state index contributed by atoms with van der Waals surface area (Å²) in [5.41, 5.74) is 0. The van der Waals surface area contributed by atoms with Gasteiger partial charge in [0.1, 0.15) is 5.78 Å². The van der Waals surface area contributed by atoms with Gasteiger partial charge >= 0.3 is 0 Å². The minimum Gasteiger partial charge on any atom is -0.300 e. The van der Waals surface area contributed by atoms with E-state index in [2.05, 4.69) is 11.5 Å². The Morgan fingerprint density at radius 2 is 2.15 bits per heavy atom. The number of hydrogen-bond donors (Lipinski definition) is 0. The maximum atomic E-state index is 11.0. The zero-order chi connectivity index (χ0) is 9.84. The van der Waals surface area contributed by atoms with Crippen molar-refractivity contribution in [1.29, 1.82) is 0 Å². The molecule has 0 unspecified atom stereocenters. The lowest BCUT2D eigenvalue weighted by Crippen LogP contribution is -2.35. The highest BCUT2D eigenvalue weighted by atomic mass is 35.5. The van der Waals surface area contributed by atoms with E-state index >= 15 is 0 Å². The molecule has 0 bridgehead atoms. The molecule has 0 N–H and O–H groups in total. The number of likely N-dealkylation sites (N-methyl/N-ethyl adjacent to an activating group) is 1. The molecule has 1 aliphatic rings. The first kappa shape index (κ1) is 10.7. The molecule has 1 aliphatic carbocycles. The lowest BCUT2D eigenvalue weighted by Gasteiger charge is -2.30. The largest absolute Gasteiger partial charge is 0.300 e. The summed E-state index contributed by atoms with van der Waals surface area (Å²) in [4.78, 5) is 13.2. The van der Waals surface area contributed by atoms with Crippen molar-refractivity contribution in [2.75, 3.05) is 13.6 Å². The molecule has 3 heteroatoms. The second-order valence-electron chi connectivity index (χ2n) is 3.70. The topological polar surface area (TPSA) is 20.3 Å². The van der Waals surface area contributed by atoms with Crippen LogP contribution in [-0.2, 0) is 4.79 Å². The van der Waals surface area contributed by atoms with Gasteiger partial charge in [-0.2, -0.15) is 0 Å². The Bertz CT molecular complexity index is 205. The SMILES string of the molecule is C=C(Cl)CN(C)C1CCC(=O)CC1. The monoisotopic (exact) mass is 201 g/mol. The molecule has 2 nitrogen and oxygen atoms in total. The van der Waals surface area contributed by atoms with Crippen molar-refractivity contribution in [3.05, 3.63) is 11.6 Å². The van der Waals surface area contributed by atoms with Crippen LogP contribution in [0.4, 0.5) is 0 Å². The van der Waals surface area contributed by atoms with Crippen LogP contribution >= 0.6 is 11.6 Å². The van der Waals surface area contributed by atoms with Crippen LogP contribution in [0, 0.1) is 0 Å². The number of halogens is 1. The zero-order valence-corrected chi connectivity index (χ0v) is 8.81. The molecule has 0 saturated heterocycles. The molecular formula is C10H16ClNO. The summed E-state index contributed by atoms with van der Waals surface area (Å²) in [6.45, 7) is 4.38. The van der Waals surface area contributed by atoms with Crippen molar-refractivity contribution in [3.63, 3.8) is 0 Å². The van der Waals surface area contributed by atoms with Gasteiger partial charge in [0.15, 0.2) is 0 Å². The molecule has 1 rings (SSSR count). The second kappa shape index (κ2) is 4.77. The number of Topliss-reactive ketones (excluding diaryl/α,β-unsaturated/α-hetero) is 1. The summed E-state index contributed by atoms with van der Waals surface area (Å²) in [7, 11) is 2.04. The summed E-state index contributed by atoms with van der Waals surface area (Å²) in [6.07, 6.45) is 3.40. The molecule has 1 fully saturated rings. The Hall–Kier alpha value is -0.340. The van der Waals surface area contributed by atoms with E-state index in [4.69, 9.17) is 11.6 Å². The molecule has 74 valence electrons. The summed E-state index contributed by atoms with van der Waals surface area (Å²) in [5, 5.41) is 0.666. The van der Waals surface area contributed by atoms with E-state index in [1.165, 1.54) is 0 Å². The Morgan fingerprint density at radius 3 is 2.62 bits per heavy atom. The Kier molecular flexibility index (Phi) is 3.94. The molecule has 0 spiro atoms. The van der Waals surface area contributed by atoms with Crippen molar-refractivity contribution < 1.29 is 4.79 Å². The van der Waals surface area contributed by atoms with Crippen molar-refractivity contribution in [2.24, 2.45) is 0 Å². The third kappa shape index (κ3) is 3.49. The third-order valence-corrected chi connectivity index (χ3v) is 2.68. The van der Waals surface area contributed by atoms with E-state index in [0.717, 1.165) is 32.2 Å². The van der Waals surface area contributed by atoms with E-state index in [-0.39, 0.29) is 0 Å². The van der Waals surface area contributed by atoms with Gasteiger partial charge in [0.25, 0.3) is 0 Å². The van der Waals surface area contributed by atoms with E-state index in [0.29, 0.717) is 16.9 Å². The Balaban J connectivity index is 2.35. The predicted octanol–water partition coefficient (Wildman–Crippen LogP) is 2.18. The first-order chi connectivity index (χ1) is 6.09. The van der Waals surface area contributed by atoms with Gasteiger partial charge < -0.3 is 0 Å². The molecule has 0 aromatic carbocycles. The fourth-order valence-electron chi connectivity index (χ4n) is 1.77. The summed E-state index contributed by atoms with van der Waals surface area (Å²) >= 11 is 5.72. The van der Waals surface area contributed by atoms with E-state index in [9.17, 15) is 4.79 Å². The maximum Gasteiger partial charge on any atom is 0.133 e. The first-order valence-corrected chi connectivity index (χ1v) is 5.02. The Labute approximate surface area is 84.6 Å². The van der Waals surface area contributed by atoms with Gasteiger partial charge in [0, 0.05) is 30.5 Å². The molecule has 0 radical (unpaired) electrons. The lowest BCUT2D eigenvalue weighted by atomic mass is 9.93. The maximum absolute atomic E-state index is 11.0. The van der Waals surface area contributed by atoms with Crippen LogP contribution in [0.1, 0.15) is 25.7 Å². The van der Waals surface area contributed by atoms with Gasteiger partial charge in [-0.15, -0.1) is 0 Å². The summed E-state index contributed by atoms with van der Waals surface area (Å²) in [5.74, 6) is 0.398. The molecule has 0 amide bonds. The molecule has 1 saturated carbocycles. The minimum atomic E-state index is 0.398. The van der Waals surface area contributed by atoms with Gasteiger partial charge in [-0.05, 0) is 19.9 Å². The molecule has 0 aromatic rings. The van der Waals surface area contributed by atoms with Crippen LogP contribution < -0.4 is 0 Å². The molecular weight excluding hydrogens is 186 g/mol. The molecule has 0 atom stereocenters. The van der Waals surface area contributed by atoms with E-state index in [1.54, 1.807) is 0 Å².